The summed E-state index contributed by atoms with van der Waals surface area (Å²) in [5.74, 6) is -1.23. The van der Waals surface area contributed by atoms with Crippen molar-refractivity contribution in [1.29, 1.82) is 0 Å². The normalized spacial score (nSPS) is 10.2. The maximum atomic E-state index is 11.6. The molecule has 1 amide bonds. The van der Waals surface area contributed by atoms with Crippen molar-refractivity contribution in [3.05, 3.63) is 20.8 Å². The maximum absolute atomic E-state index is 11.6. The van der Waals surface area contributed by atoms with Gasteiger partial charge in [-0.25, -0.2) is 0 Å². The van der Waals surface area contributed by atoms with Crippen LogP contribution in [0.2, 0.25) is 0 Å². The van der Waals surface area contributed by atoms with Gasteiger partial charge in [0.2, 0.25) is 0 Å². The molecule has 1 aromatic rings. The number of hydrogen-bond acceptors (Lipinski definition) is 2. The van der Waals surface area contributed by atoms with Crippen LogP contribution in [0.3, 0.4) is 0 Å². The molecular weight excluding hydrogens is 344 g/mol. The summed E-state index contributed by atoms with van der Waals surface area (Å²) in [4.78, 5) is 21.9. The van der Waals surface area contributed by atoms with Gasteiger partial charge in [0.15, 0.2) is 0 Å². The Labute approximate surface area is 109 Å². The van der Waals surface area contributed by atoms with Crippen LogP contribution in [0, 0.1) is 0 Å². The Bertz CT molecular complexity index is 429. The third-order valence-corrected chi connectivity index (χ3v) is 4.07. The molecule has 0 aliphatic carbocycles. The highest BCUT2D eigenvalue weighted by Crippen LogP contribution is 2.25. The van der Waals surface area contributed by atoms with Crippen LogP contribution < -0.4 is 5.32 Å². The molecule has 1 heterocycles. The molecule has 0 bridgehead atoms. The van der Waals surface area contributed by atoms with E-state index in [9.17, 15) is 9.59 Å². The van der Waals surface area contributed by atoms with Crippen LogP contribution in [-0.4, -0.2) is 28.1 Å². The van der Waals surface area contributed by atoms with Crippen LogP contribution in [0.5, 0.6) is 0 Å². The molecule has 0 unspecified atom stereocenters. The molecule has 0 spiro atoms. The first-order chi connectivity index (χ1) is 7.43. The van der Waals surface area contributed by atoms with Gasteiger partial charge < -0.3 is 15.0 Å². The number of halogens is 2. The fraction of sp³-hybridized carbons (Fsp3) is 0.333. The second kappa shape index (κ2) is 5.49. The molecule has 0 aliphatic heterocycles. The predicted octanol–water partition coefficient (Wildman–Crippen LogP) is 1.75. The van der Waals surface area contributed by atoms with E-state index in [0.29, 0.717) is 5.69 Å². The third kappa shape index (κ3) is 3.08. The fourth-order valence-corrected chi connectivity index (χ4v) is 1.92. The predicted molar refractivity (Wildman–Crippen MR) is 65.4 cm³/mol. The third-order valence-electron chi connectivity index (χ3n) is 1.97. The molecule has 0 aliphatic rings. The van der Waals surface area contributed by atoms with Crippen LogP contribution in [0.1, 0.15) is 16.9 Å². The number of hydrogen-bond donors (Lipinski definition) is 2. The minimum atomic E-state index is -0.936. The Balaban J connectivity index is 2.66. The zero-order valence-electron chi connectivity index (χ0n) is 8.46. The standard InChI is InChI=1S/C9H10Br2N2O3/c1-13-6(4-5(10)8(13)11)9(16)12-3-2-7(14)15/h4H,2-3H2,1H3,(H,12,16)(H,14,15). The largest absolute Gasteiger partial charge is 0.481 e. The molecule has 1 aromatic heterocycles. The van der Waals surface area contributed by atoms with E-state index in [1.54, 1.807) is 17.7 Å². The van der Waals surface area contributed by atoms with E-state index in [1.165, 1.54) is 0 Å². The molecule has 0 atom stereocenters. The molecule has 88 valence electrons. The first-order valence-electron chi connectivity index (χ1n) is 4.44. The Kier molecular flexibility index (Phi) is 4.55. The van der Waals surface area contributed by atoms with Crippen LogP contribution >= 0.6 is 31.9 Å². The second-order valence-corrected chi connectivity index (χ2v) is 4.73. The first kappa shape index (κ1) is 13.2. The van der Waals surface area contributed by atoms with Crippen LogP contribution in [0.4, 0.5) is 0 Å². The van der Waals surface area contributed by atoms with Crippen molar-refractivity contribution >= 4 is 43.7 Å². The SMILES string of the molecule is Cn1c(C(=O)NCCC(=O)O)cc(Br)c1Br. The molecule has 5 nitrogen and oxygen atoms in total. The average molecular weight is 354 g/mol. The molecule has 0 radical (unpaired) electrons. The molecule has 16 heavy (non-hydrogen) atoms. The van der Waals surface area contributed by atoms with Crippen LogP contribution in [0.25, 0.3) is 0 Å². The lowest BCUT2D eigenvalue weighted by Crippen LogP contribution is -2.27. The molecule has 0 saturated heterocycles. The summed E-state index contributed by atoms with van der Waals surface area (Å²) in [7, 11) is 1.74. The van der Waals surface area contributed by atoms with Crippen molar-refractivity contribution in [2.24, 2.45) is 7.05 Å². The number of carbonyl (C=O) groups excluding carboxylic acids is 1. The van der Waals surface area contributed by atoms with Gasteiger partial charge >= 0.3 is 5.97 Å². The molecular formula is C9H10Br2N2O3. The van der Waals surface area contributed by atoms with Crippen molar-refractivity contribution in [2.75, 3.05) is 6.54 Å². The topological polar surface area (TPSA) is 71.3 Å². The van der Waals surface area contributed by atoms with E-state index >= 15 is 0 Å². The smallest absolute Gasteiger partial charge is 0.305 e. The zero-order chi connectivity index (χ0) is 12.3. The number of nitrogens with zero attached hydrogens (tertiary/aromatic N) is 1. The average Bonchev–Trinajstić information content (AvgIpc) is 2.45. The monoisotopic (exact) mass is 352 g/mol. The van der Waals surface area contributed by atoms with Crippen molar-refractivity contribution in [3.8, 4) is 0 Å². The van der Waals surface area contributed by atoms with E-state index < -0.39 is 5.97 Å². The number of nitrogens with one attached hydrogen (secondary N) is 1. The number of aliphatic carboxylic acids is 1. The van der Waals surface area contributed by atoms with Gasteiger partial charge in [0.05, 0.1) is 15.5 Å². The van der Waals surface area contributed by atoms with E-state index in [0.717, 1.165) is 9.08 Å². The molecule has 0 saturated carbocycles. The molecule has 0 aromatic carbocycles. The van der Waals surface area contributed by atoms with Gasteiger partial charge in [-0.15, -0.1) is 0 Å². The minimum Gasteiger partial charge on any atom is -0.481 e. The summed E-state index contributed by atoms with van der Waals surface area (Å²) < 4.78 is 3.20. The summed E-state index contributed by atoms with van der Waals surface area (Å²) in [5, 5.41) is 11.0. The number of carboxylic acids is 1. The number of rotatable bonds is 4. The van der Waals surface area contributed by atoms with E-state index in [4.69, 9.17) is 5.11 Å². The second-order valence-electron chi connectivity index (χ2n) is 3.13. The number of carboxylic acid groups (broad SMARTS) is 1. The highest BCUT2D eigenvalue weighted by molar-refractivity contribution is 9.13. The van der Waals surface area contributed by atoms with Gasteiger partial charge in [0.25, 0.3) is 5.91 Å². The van der Waals surface area contributed by atoms with Crippen LogP contribution in [0.15, 0.2) is 15.1 Å². The summed E-state index contributed by atoms with van der Waals surface area (Å²) in [5.41, 5.74) is 0.462. The summed E-state index contributed by atoms with van der Waals surface area (Å²) in [6.07, 6.45) is -0.0848. The Morgan fingerprint density at radius 3 is 2.56 bits per heavy atom. The summed E-state index contributed by atoms with van der Waals surface area (Å²) in [6.45, 7) is 0.120. The van der Waals surface area contributed by atoms with E-state index in [1.807, 2.05) is 0 Å². The Hall–Kier alpha value is -0.820. The van der Waals surface area contributed by atoms with Gasteiger partial charge in [-0.2, -0.15) is 0 Å². The van der Waals surface area contributed by atoms with Crippen molar-refractivity contribution < 1.29 is 14.7 Å². The van der Waals surface area contributed by atoms with Crippen molar-refractivity contribution in [2.45, 2.75) is 6.42 Å². The van der Waals surface area contributed by atoms with Gasteiger partial charge in [-0.1, -0.05) is 0 Å². The summed E-state index contributed by atoms with van der Waals surface area (Å²) >= 11 is 6.59. The van der Waals surface area contributed by atoms with Gasteiger partial charge in [0, 0.05) is 13.6 Å². The lowest BCUT2D eigenvalue weighted by molar-refractivity contribution is -0.136. The molecule has 1 rings (SSSR count). The van der Waals surface area contributed by atoms with Gasteiger partial charge in [-0.05, 0) is 37.9 Å². The van der Waals surface area contributed by atoms with Gasteiger partial charge in [-0.3, -0.25) is 9.59 Å². The van der Waals surface area contributed by atoms with Crippen LogP contribution in [-0.2, 0) is 11.8 Å². The highest BCUT2D eigenvalue weighted by atomic mass is 79.9. The van der Waals surface area contributed by atoms with E-state index in [2.05, 4.69) is 37.2 Å². The van der Waals surface area contributed by atoms with E-state index in [-0.39, 0.29) is 18.9 Å². The molecule has 7 heteroatoms. The Morgan fingerprint density at radius 2 is 2.12 bits per heavy atom. The number of carbonyl (C=O) groups is 2. The first-order valence-corrected chi connectivity index (χ1v) is 6.02. The highest BCUT2D eigenvalue weighted by Gasteiger charge is 2.14. The quantitative estimate of drug-likeness (QED) is 0.866. The lowest BCUT2D eigenvalue weighted by Gasteiger charge is -2.04. The van der Waals surface area contributed by atoms with Crippen molar-refractivity contribution in [1.82, 2.24) is 9.88 Å². The van der Waals surface area contributed by atoms with Gasteiger partial charge in [0.1, 0.15) is 5.69 Å². The fourth-order valence-electron chi connectivity index (χ4n) is 1.13. The molecule has 0 fully saturated rings. The Morgan fingerprint density at radius 1 is 1.50 bits per heavy atom. The van der Waals surface area contributed by atoms with Crippen molar-refractivity contribution in [3.63, 3.8) is 0 Å². The molecule has 2 N–H and O–H groups in total. The minimum absolute atomic E-state index is 0.0848. The number of aromatic nitrogens is 1. The summed E-state index contributed by atoms with van der Waals surface area (Å²) in [6, 6.07) is 1.67. The number of amides is 1. The zero-order valence-corrected chi connectivity index (χ0v) is 11.6. The lowest BCUT2D eigenvalue weighted by atomic mass is 10.3. The maximum Gasteiger partial charge on any atom is 0.305 e.